The number of nitrogens with one attached hydrogen (secondary N) is 2. The Hall–Kier alpha value is -2.56. The number of pyridine rings is 1. The molecule has 1 aliphatic carbocycles. The Morgan fingerprint density at radius 1 is 1.14 bits per heavy atom. The summed E-state index contributed by atoms with van der Waals surface area (Å²) in [5.74, 6) is 0. The first-order chi connectivity index (χ1) is 10.6. The molecule has 0 unspecified atom stereocenters. The molecule has 0 aliphatic heterocycles. The molecule has 1 saturated carbocycles. The van der Waals surface area contributed by atoms with Gasteiger partial charge in [0.05, 0.1) is 11.2 Å². The van der Waals surface area contributed by atoms with Gasteiger partial charge in [-0.05, 0) is 30.9 Å². The molecule has 114 valence electrons. The fraction of sp³-hybridized carbons (Fsp3) is 0.294. The van der Waals surface area contributed by atoms with Gasteiger partial charge in [-0.1, -0.05) is 30.3 Å². The van der Waals surface area contributed by atoms with Crippen LogP contribution in [0.15, 0.2) is 53.5 Å². The molecule has 2 aromatic rings. The zero-order valence-corrected chi connectivity index (χ0v) is 12.5. The highest BCUT2D eigenvalue weighted by molar-refractivity contribution is 5.89. The quantitative estimate of drug-likeness (QED) is 0.914. The van der Waals surface area contributed by atoms with Crippen LogP contribution < -0.4 is 16.2 Å². The van der Waals surface area contributed by atoms with Crippen molar-refractivity contribution in [2.24, 2.45) is 7.05 Å². The average molecular weight is 297 g/mol. The summed E-state index contributed by atoms with van der Waals surface area (Å²) in [6, 6.07) is 12.8. The van der Waals surface area contributed by atoms with Gasteiger partial charge in [-0.25, -0.2) is 4.79 Å². The first-order valence-electron chi connectivity index (χ1n) is 7.40. The minimum atomic E-state index is -0.272. The lowest BCUT2D eigenvalue weighted by molar-refractivity contribution is 0.185. The van der Waals surface area contributed by atoms with Gasteiger partial charge in [0.15, 0.2) is 0 Å². The van der Waals surface area contributed by atoms with Gasteiger partial charge >= 0.3 is 6.03 Å². The van der Waals surface area contributed by atoms with Gasteiger partial charge in [0, 0.05) is 19.3 Å². The van der Waals surface area contributed by atoms with Crippen molar-refractivity contribution in [3.05, 3.63) is 64.6 Å². The minimum absolute atomic E-state index is 0.106. The summed E-state index contributed by atoms with van der Waals surface area (Å²) < 4.78 is 1.44. The molecule has 0 bridgehead atoms. The second-order valence-electron chi connectivity index (χ2n) is 5.75. The van der Waals surface area contributed by atoms with Crippen molar-refractivity contribution in [1.29, 1.82) is 0 Å². The fourth-order valence-electron chi connectivity index (χ4n) is 2.82. The monoisotopic (exact) mass is 297 g/mol. The highest BCUT2D eigenvalue weighted by Gasteiger charge is 2.39. The lowest BCUT2D eigenvalue weighted by Crippen LogP contribution is -2.52. The second kappa shape index (κ2) is 5.67. The van der Waals surface area contributed by atoms with E-state index < -0.39 is 0 Å². The van der Waals surface area contributed by atoms with Gasteiger partial charge in [0.25, 0.3) is 0 Å². The van der Waals surface area contributed by atoms with Crippen LogP contribution in [0.1, 0.15) is 24.8 Å². The summed E-state index contributed by atoms with van der Waals surface area (Å²) in [6.45, 7) is 0. The number of anilines is 1. The van der Waals surface area contributed by atoms with E-state index in [2.05, 4.69) is 10.6 Å². The number of hydrogen-bond acceptors (Lipinski definition) is 2. The van der Waals surface area contributed by atoms with E-state index in [0.717, 1.165) is 24.8 Å². The fourth-order valence-corrected chi connectivity index (χ4v) is 2.82. The second-order valence-corrected chi connectivity index (χ2v) is 5.75. The number of amides is 2. The summed E-state index contributed by atoms with van der Waals surface area (Å²) in [5.41, 5.74) is 1.36. The van der Waals surface area contributed by atoms with Crippen molar-refractivity contribution in [3.63, 3.8) is 0 Å². The lowest BCUT2D eigenvalue weighted by atomic mass is 9.72. The van der Waals surface area contributed by atoms with Crippen LogP contribution >= 0.6 is 0 Å². The van der Waals surface area contributed by atoms with Gasteiger partial charge in [-0.3, -0.25) is 4.79 Å². The Bertz CT molecular complexity index is 733. The zero-order valence-electron chi connectivity index (χ0n) is 12.5. The molecule has 0 atom stereocenters. The molecular weight excluding hydrogens is 278 g/mol. The first kappa shape index (κ1) is 14.4. The molecule has 2 amide bonds. The highest BCUT2D eigenvalue weighted by Crippen LogP contribution is 2.41. The molecule has 1 heterocycles. The molecule has 3 rings (SSSR count). The maximum absolute atomic E-state index is 12.3. The van der Waals surface area contributed by atoms with E-state index in [1.54, 1.807) is 19.3 Å². The van der Waals surface area contributed by atoms with E-state index in [0.29, 0.717) is 5.69 Å². The molecule has 0 radical (unpaired) electrons. The molecule has 1 aliphatic rings. The van der Waals surface area contributed by atoms with Crippen molar-refractivity contribution in [1.82, 2.24) is 9.88 Å². The lowest BCUT2D eigenvalue weighted by Gasteiger charge is -2.43. The third-order valence-corrected chi connectivity index (χ3v) is 4.23. The molecule has 0 spiro atoms. The number of benzene rings is 1. The van der Waals surface area contributed by atoms with E-state index in [-0.39, 0.29) is 17.1 Å². The first-order valence-corrected chi connectivity index (χ1v) is 7.40. The molecule has 1 fully saturated rings. The van der Waals surface area contributed by atoms with Crippen LogP contribution in [0, 0.1) is 0 Å². The van der Waals surface area contributed by atoms with Crippen LogP contribution in [0.4, 0.5) is 10.5 Å². The van der Waals surface area contributed by atoms with Crippen LogP contribution in [0.2, 0.25) is 0 Å². The molecule has 1 aromatic heterocycles. The summed E-state index contributed by atoms with van der Waals surface area (Å²) in [5, 5.41) is 5.89. The molecule has 2 N–H and O–H groups in total. The third-order valence-electron chi connectivity index (χ3n) is 4.23. The smallest absolute Gasteiger partial charge is 0.319 e. The van der Waals surface area contributed by atoms with E-state index in [1.807, 2.05) is 30.3 Å². The summed E-state index contributed by atoms with van der Waals surface area (Å²) in [6.07, 6.45) is 4.60. The van der Waals surface area contributed by atoms with Crippen molar-refractivity contribution in [3.8, 4) is 0 Å². The minimum Gasteiger partial charge on any atom is -0.328 e. The van der Waals surface area contributed by atoms with Crippen molar-refractivity contribution >= 4 is 11.7 Å². The number of aromatic nitrogens is 1. The number of rotatable bonds is 3. The Balaban J connectivity index is 1.73. The Morgan fingerprint density at radius 2 is 1.86 bits per heavy atom. The number of aryl methyl sites for hydroxylation is 1. The van der Waals surface area contributed by atoms with E-state index in [4.69, 9.17) is 0 Å². The van der Waals surface area contributed by atoms with E-state index in [9.17, 15) is 9.59 Å². The molecule has 1 aromatic carbocycles. The molecule has 0 saturated heterocycles. The Labute approximate surface area is 129 Å². The van der Waals surface area contributed by atoms with Gasteiger partial charge < -0.3 is 15.2 Å². The van der Waals surface area contributed by atoms with Crippen LogP contribution in [-0.2, 0) is 12.6 Å². The van der Waals surface area contributed by atoms with Gasteiger partial charge in [0.2, 0.25) is 5.56 Å². The normalized spacial score (nSPS) is 15.7. The van der Waals surface area contributed by atoms with Gasteiger partial charge in [-0.15, -0.1) is 0 Å². The number of nitrogens with zero attached hydrogens (tertiary/aromatic N) is 1. The number of carbonyl (C=O) groups is 1. The SMILES string of the molecule is Cn1cc(NC(=O)NC2(c3ccccc3)CCC2)ccc1=O. The Morgan fingerprint density at radius 3 is 2.45 bits per heavy atom. The number of carbonyl (C=O) groups excluding carboxylic acids is 1. The maximum atomic E-state index is 12.3. The largest absolute Gasteiger partial charge is 0.328 e. The molecule has 5 heteroatoms. The average Bonchev–Trinajstić information content (AvgIpc) is 2.48. The predicted molar refractivity (Wildman–Crippen MR) is 85.8 cm³/mol. The topological polar surface area (TPSA) is 63.1 Å². The summed E-state index contributed by atoms with van der Waals surface area (Å²) in [7, 11) is 1.66. The van der Waals surface area contributed by atoms with Crippen LogP contribution in [0.5, 0.6) is 0 Å². The van der Waals surface area contributed by atoms with Gasteiger partial charge in [0.1, 0.15) is 0 Å². The van der Waals surface area contributed by atoms with E-state index in [1.165, 1.54) is 10.6 Å². The predicted octanol–water partition coefficient (Wildman–Crippen LogP) is 2.59. The standard InChI is InChI=1S/C17H19N3O2/c1-20-12-14(8-9-15(20)21)18-16(22)19-17(10-5-11-17)13-6-3-2-4-7-13/h2-4,6-9,12H,5,10-11H2,1H3,(H2,18,19,22). The van der Waals surface area contributed by atoms with E-state index >= 15 is 0 Å². The molecule has 5 nitrogen and oxygen atoms in total. The van der Waals surface area contributed by atoms with Crippen LogP contribution in [0.25, 0.3) is 0 Å². The third kappa shape index (κ3) is 2.74. The number of urea groups is 1. The maximum Gasteiger partial charge on any atom is 0.319 e. The summed E-state index contributed by atoms with van der Waals surface area (Å²) >= 11 is 0. The van der Waals surface area contributed by atoms with Crippen molar-refractivity contribution in [2.45, 2.75) is 24.8 Å². The zero-order chi connectivity index (χ0) is 15.6. The van der Waals surface area contributed by atoms with Crippen molar-refractivity contribution < 1.29 is 4.79 Å². The molecule has 22 heavy (non-hydrogen) atoms. The van der Waals surface area contributed by atoms with Crippen LogP contribution in [0.3, 0.4) is 0 Å². The number of hydrogen-bond donors (Lipinski definition) is 2. The van der Waals surface area contributed by atoms with Gasteiger partial charge in [-0.2, -0.15) is 0 Å². The summed E-state index contributed by atoms with van der Waals surface area (Å²) in [4.78, 5) is 23.6. The Kier molecular flexibility index (Phi) is 3.71. The van der Waals surface area contributed by atoms with Crippen molar-refractivity contribution in [2.75, 3.05) is 5.32 Å². The van der Waals surface area contributed by atoms with Crippen LogP contribution in [-0.4, -0.2) is 10.6 Å². The molecular formula is C17H19N3O2. The highest BCUT2D eigenvalue weighted by atomic mass is 16.2.